The predicted octanol–water partition coefficient (Wildman–Crippen LogP) is 6.80. The van der Waals surface area contributed by atoms with Crippen molar-refractivity contribution in [2.75, 3.05) is 31.1 Å². The number of halogens is 1. The standard InChI is InChI=1S/C21H25N3O3.C14H12FNO3.C12H22N2O2/c1-12-16(23-10-20(2,22)21(11-23)7-8-21)6-5-14-17(12)24(13-3-4-13)9-15(18(14)25)19(26)27;1-7-11(15)5-4-9-12(7)16(8-2-3-8)6-10(13(9)17)14(18)19;1-10(2,3)16-9(15)14-11(4)7-13-8-12(11)5-6-12/h5-6,9,13H,3-4,7-8,10-11,22H2,1-2H3,(H,26,27);4-6,8H,2-3H2,1H3,(H,18,19);13H,5-8H2,1-4H3,(H,14,15)/t20-;;11-/m1.1/s1. The van der Waals surface area contributed by atoms with Crippen LogP contribution in [-0.2, 0) is 4.74 Å². The monoisotopic (exact) mass is 854 g/mol. The molecule has 2 saturated heterocycles. The number of carbonyl (C=O) groups excluding carboxylic acids is 1. The molecule has 4 saturated carbocycles. The minimum Gasteiger partial charge on any atom is -0.477 e. The third-order valence-corrected chi connectivity index (χ3v) is 14.3. The Labute approximate surface area is 359 Å². The summed E-state index contributed by atoms with van der Waals surface area (Å²) < 4.78 is 22.7. The van der Waals surface area contributed by atoms with Crippen LogP contribution in [0.3, 0.4) is 0 Å². The number of fused-ring (bicyclic) bond motifs is 2. The molecule has 14 nitrogen and oxygen atoms in total. The van der Waals surface area contributed by atoms with E-state index in [0.717, 1.165) is 68.6 Å². The van der Waals surface area contributed by atoms with E-state index in [1.54, 1.807) is 23.8 Å². The van der Waals surface area contributed by atoms with Crippen LogP contribution in [0.5, 0.6) is 0 Å². The van der Waals surface area contributed by atoms with Crippen molar-refractivity contribution in [3.63, 3.8) is 0 Å². The number of rotatable bonds is 6. The maximum atomic E-state index is 13.7. The molecule has 4 aliphatic carbocycles. The number of ether oxygens (including phenoxy) is 1. The number of aromatic nitrogens is 2. The summed E-state index contributed by atoms with van der Waals surface area (Å²) in [5.41, 5.74) is 8.92. The molecule has 6 aliphatic rings. The topological polar surface area (TPSA) is 198 Å². The lowest BCUT2D eigenvalue weighted by molar-refractivity contribution is 0.0438. The van der Waals surface area contributed by atoms with E-state index in [1.807, 2.05) is 38.3 Å². The van der Waals surface area contributed by atoms with Gasteiger partial charge < -0.3 is 45.4 Å². The Balaban J connectivity index is 0.000000134. The fourth-order valence-electron chi connectivity index (χ4n) is 9.88. The van der Waals surface area contributed by atoms with E-state index < -0.39 is 28.4 Å². The molecule has 332 valence electrons. The van der Waals surface area contributed by atoms with Crippen molar-refractivity contribution in [2.24, 2.45) is 16.6 Å². The zero-order chi connectivity index (χ0) is 44.9. The number of nitrogens with one attached hydrogen (secondary N) is 2. The zero-order valence-electron chi connectivity index (χ0n) is 36.7. The number of amides is 1. The molecule has 6 N–H and O–H groups in total. The highest BCUT2D eigenvalue weighted by Gasteiger charge is 2.61. The first-order valence-corrected chi connectivity index (χ1v) is 21.8. The number of benzene rings is 2. The zero-order valence-corrected chi connectivity index (χ0v) is 36.7. The highest BCUT2D eigenvalue weighted by atomic mass is 19.1. The van der Waals surface area contributed by atoms with Crippen LogP contribution in [0.1, 0.15) is 130 Å². The lowest BCUT2D eigenvalue weighted by atomic mass is 9.86. The first-order chi connectivity index (χ1) is 29.0. The highest BCUT2D eigenvalue weighted by Crippen LogP contribution is 2.58. The van der Waals surface area contributed by atoms with Crippen molar-refractivity contribution in [1.82, 2.24) is 19.8 Å². The van der Waals surface area contributed by atoms with E-state index in [4.69, 9.17) is 15.6 Å². The number of hydrogen-bond donors (Lipinski definition) is 5. The number of nitrogens with two attached hydrogens (primary N) is 1. The summed E-state index contributed by atoms with van der Waals surface area (Å²) in [5, 5.41) is 25.7. The molecule has 2 aromatic carbocycles. The van der Waals surface area contributed by atoms with Gasteiger partial charge in [0.1, 0.15) is 22.5 Å². The Kier molecular flexibility index (Phi) is 10.4. The lowest BCUT2D eigenvalue weighted by Crippen LogP contribution is -2.54. The average molecular weight is 855 g/mol. The Hall–Kier alpha value is -5.28. The molecule has 1 amide bonds. The molecule has 2 aliphatic heterocycles. The smallest absolute Gasteiger partial charge is 0.408 e. The van der Waals surface area contributed by atoms with Gasteiger partial charge in [-0.15, -0.1) is 0 Å². The number of nitrogens with zero attached hydrogens (tertiary/aromatic N) is 3. The second kappa shape index (κ2) is 14.9. The molecule has 62 heavy (non-hydrogen) atoms. The Morgan fingerprint density at radius 3 is 1.74 bits per heavy atom. The number of carboxylic acid groups (broad SMARTS) is 2. The van der Waals surface area contributed by atoms with Crippen LogP contribution in [0.2, 0.25) is 0 Å². The summed E-state index contributed by atoms with van der Waals surface area (Å²) in [5.74, 6) is -2.79. The molecular formula is C47H59FN6O8. The van der Waals surface area contributed by atoms with Gasteiger partial charge in [0.2, 0.25) is 10.9 Å². The molecule has 0 radical (unpaired) electrons. The number of carboxylic acids is 2. The number of aromatic carboxylic acids is 2. The second-order valence-corrected chi connectivity index (χ2v) is 20.2. The number of hydrogen-bond acceptors (Lipinski definition) is 9. The van der Waals surface area contributed by atoms with Crippen LogP contribution in [0.4, 0.5) is 14.9 Å². The minimum atomic E-state index is -1.25. The molecule has 4 heterocycles. The van der Waals surface area contributed by atoms with Gasteiger partial charge in [0.25, 0.3) is 0 Å². The molecule has 2 spiro atoms. The van der Waals surface area contributed by atoms with E-state index in [-0.39, 0.29) is 62.4 Å². The molecular weight excluding hydrogens is 796 g/mol. The second-order valence-electron chi connectivity index (χ2n) is 20.2. The summed E-state index contributed by atoms with van der Waals surface area (Å²) >= 11 is 0. The van der Waals surface area contributed by atoms with Crippen LogP contribution >= 0.6 is 0 Å². The van der Waals surface area contributed by atoms with E-state index in [9.17, 15) is 33.5 Å². The maximum absolute atomic E-state index is 13.7. The minimum absolute atomic E-state index is 0.144. The first kappa shape index (κ1) is 43.4. The summed E-state index contributed by atoms with van der Waals surface area (Å²) in [6, 6.07) is 6.80. The fraction of sp³-hybridized carbons (Fsp3) is 0.553. The Morgan fingerprint density at radius 2 is 1.29 bits per heavy atom. The van der Waals surface area contributed by atoms with Gasteiger partial charge in [-0.2, -0.15) is 0 Å². The summed E-state index contributed by atoms with van der Waals surface area (Å²) in [6.07, 6.45) is 11.2. The van der Waals surface area contributed by atoms with Crippen LogP contribution in [0.15, 0.2) is 46.2 Å². The van der Waals surface area contributed by atoms with Gasteiger partial charge in [0, 0.05) is 89.0 Å². The van der Waals surface area contributed by atoms with Gasteiger partial charge in [-0.25, -0.2) is 18.8 Å². The van der Waals surface area contributed by atoms with Crippen molar-refractivity contribution < 1.29 is 33.7 Å². The highest BCUT2D eigenvalue weighted by molar-refractivity contribution is 5.95. The number of carbonyl (C=O) groups is 3. The van der Waals surface area contributed by atoms with Crippen molar-refractivity contribution in [2.45, 2.75) is 129 Å². The van der Waals surface area contributed by atoms with Gasteiger partial charge in [-0.1, -0.05) is 0 Å². The normalized spacial score (nSPS) is 24.0. The van der Waals surface area contributed by atoms with E-state index in [1.165, 1.54) is 44.0 Å². The van der Waals surface area contributed by atoms with Gasteiger partial charge in [0.05, 0.1) is 16.6 Å². The molecule has 0 bridgehead atoms. The number of alkyl carbamates (subject to hydrolysis) is 1. The summed E-state index contributed by atoms with van der Waals surface area (Å²) in [6.45, 7) is 17.2. The quantitative estimate of drug-likeness (QED) is 0.137. The van der Waals surface area contributed by atoms with Gasteiger partial charge >= 0.3 is 18.0 Å². The van der Waals surface area contributed by atoms with Crippen molar-refractivity contribution in [3.05, 3.63) is 85.2 Å². The number of aryl methyl sites for hydroxylation is 2. The molecule has 2 atom stereocenters. The van der Waals surface area contributed by atoms with Crippen LogP contribution in [0, 0.1) is 30.5 Å². The third kappa shape index (κ3) is 7.75. The molecule has 15 heteroatoms. The van der Waals surface area contributed by atoms with Crippen molar-refractivity contribution >= 4 is 45.5 Å². The number of anilines is 1. The van der Waals surface area contributed by atoms with Gasteiger partial charge in [-0.05, 0) is 130 Å². The third-order valence-electron chi connectivity index (χ3n) is 14.3. The Bertz CT molecular complexity index is 2640. The molecule has 4 aromatic rings. The number of pyridine rings is 2. The average Bonchev–Trinajstić information content (AvgIpc) is 3.98. The van der Waals surface area contributed by atoms with E-state index in [0.29, 0.717) is 16.5 Å². The van der Waals surface area contributed by atoms with Crippen molar-refractivity contribution in [1.29, 1.82) is 0 Å². The van der Waals surface area contributed by atoms with E-state index in [2.05, 4.69) is 29.4 Å². The van der Waals surface area contributed by atoms with Crippen molar-refractivity contribution in [3.8, 4) is 0 Å². The first-order valence-electron chi connectivity index (χ1n) is 21.8. The van der Waals surface area contributed by atoms with E-state index >= 15 is 0 Å². The fourth-order valence-corrected chi connectivity index (χ4v) is 9.88. The molecule has 6 fully saturated rings. The molecule has 10 rings (SSSR count). The molecule has 2 aromatic heterocycles. The van der Waals surface area contributed by atoms with Gasteiger partial charge in [-0.3, -0.25) is 9.59 Å². The lowest BCUT2D eigenvalue weighted by Gasteiger charge is -2.33. The van der Waals surface area contributed by atoms with Gasteiger partial charge in [0.15, 0.2) is 0 Å². The molecule has 0 unspecified atom stereocenters. The SMILES string of the molecule is CC(C)(C)OC(=O)N[C@]1(C)CNCC12CC2.Cc1c(F)ccc2c(=O)c(C(=O)O)cn(C3CC3)c12.Cc1c(N2CC3(CC3)[C@](C)(N)C2)ccc2c(=O)c(C(=O)O)cn(C3CC3)c12. The predicted molar refractivity (Wildman–Crippen MR) is 235 cm³/mol. The maximum Gasteiger partial charge on any atom is 0.408 e. The van der Waals surface area contributed by atoms with Crippen LogP contribution in [-0.4, -0.2) is 80.2 Å². The van der Waals surface area contributed by atoms with Crippen LogP contribution in [0.25, 0.3) is 21.8 Å². The summed E-state index contributed by atoms with van der Waals surface area (Å²) in [7, 11) is 0. The van der Waals surface area contributed by atoms with Crippen LogP contribution < -0.4 is 32.1 Å². The largest absolute Gasteiger partial charge is 0.477 e. The summed E-state index contributed by atoms with van der Waals surface area (Å²) in [4.78, 5) is 61.6. The Morgan fingerprint density at radius 1 is 0.790 bits per heavy atom.